The molecular weight excluding hydrogens is 244 g/mol. The lowest BCUT2D eigenvalue weighted by molar-refractivity contribution is 0.0741. The van der Waals surface area contributed by atoms with E-state index in [2.05, 4.69) is 25.7 Å². The third-order valence-electron chi connectivity index (χ3n) is 2.82. The van der Waals surface area contributed by atoms with Crippen molar-refractivity contribution in [2.75, 3.05) is 13.6 Å². The molecule has 0 aliphatic rings. The number of rotatable bonds is 4. The van der Waals surface area contributed by atoms with Crippen LogP contribution in [0.15, 0.2) is 12.1 Å². The predicted octanol–water partition coefficient (Wildman–Crippen LogP) is 2.32. The van der Waals surface area contributed by atoms with Gasteiger partial charge in [0.2, 0.25) is 0 Å². The van der Waals surface area contributed by atoms with Crippen molar-refractivity contribution in [3.8, 4) is 11.8 Å². The predicted molar refractivity (Wildman–Crippen MR) is 76.7 cm³/mol. The van der Waals surface area contributed by atoms with Gasteiger partial charge in [0.15, 0.2) is 0 Å². The average Bonchev–Trinajstić information content (AvgIpc) is 2.83. The summed E-state index contributed by atoms with van der Waals surface area (Å²) in [6.45, 7) is 4.54. The summed E-state index contributed by atoms with van der Waals surface area (Å²) < 4.78 is 0. The minimum absolute atomic E-state index is 0.0711. The fraction of sp³-hybridized carbons (Fsp3) is 0.500. The third-order valence-corrected chi connectivity index (χ3v) is 3.81. The molecule has 0 radical (unpaired) electrons. The van der Waals surface area contributed by atoms with Gasteiger partial charge >= 0.3 is 0 Å². The van der Waals surface area contributed by atoms with E-state index in [1.165, 1.54) is 11.3 Å². The Kier molecular flexibility index (Phi) is 5.90. The normalized spacial score (nSPS) is 11.6. The van der Waals surface area contributed by atoms with E-state index in [0.29, 0.717) is 6.54 Å². The van der Waals surface area contributed by atoms with Crippen molar-refractivity contribution >= 4 is 17.2 Å². The van der Waals surface area contributed by atoms with Gasteiger partial charge in [-0.1, -0.05) is 25.2 Å². The molecule has 1 atom stereocenters. The van der Waals surface area contributed by atoms with Gasteiger partial charge in [0.1, 0.15) is 0 Å². The molecule has 98 valence electrons. The highest BCUT2D eigenvalue weighted by Gasteiger charge is 2.18. The highest BCUT2D eigenvalue weighted by molar-refractivity contribution is 7.14. The summed E-state index contributed by atoms with van der Waals surface area (Å²) in [4.78, 5) is 15.6. The lowest BCUT2D eigenvalue weighted by Crippen LogP contribution is -2.34. The third kappa shape index (κ3) is 3.86. The van der Waals surface area contributed by atoms with Crippen LogP contribution in [0, 0.1) is 11.8 Å². The van der Waals surface area contributed by atoms with Crippen molar-refractivity contribution in [2.24, 2.45) is 5.73 Å². The molecule has 0 saturated carbocycles. The zero-order valence-corrected chi connectivity index (χ0v) is 12.0. The van der Waals surface area contributed by atoms with Gasteiger partial charge in [-0.15, -0.1) is 11.3 Å². The number of thiophene rings is 1. The van der Waals surface area contributed by atoms with Crippen molar-refractivity contribution in [1.82, 2.24) is 4.90 Å². The van der Waals surface area contributed by atoms with E-state index < -0.39 is 0 Å². The Hall–Kier alpha value is -1.31. The van der Waals surface area contributed by atoms with Gasteiger partial charge in [-0.2, -0.15) is 0 Å². The molecule has 1 aromatic heterocycles. The maximum absolute atomic E-state index is 12.2. The topological polar surface area (TPSA) is 46.3 Å². The van der Waals surface area contributed by atoms with Gasteiger partial charge in [0.25, 0.3) is 5.91 Å². The van der Waals surface area contributed by atoms with Gasteiger partial charge in [-0.25, -0.2) is 0 Å². The molecular formula is C14H20N2OS. The molecule has 2 N–H and O–H groups in total. The van der Waals surface area contributed by atoms with Crippen LogP contribution in [0.4, 0.5) is 0 Å². The van der Waals surface area contributed by atoms with Crippen LogP contribution in [-0.2, 0) is 0 Å². The van der Waals surface area contributed by atoms with Crippen LogP contribution in [0.3, 0.4) is 0 Å². The molecule has 0 spiro atoms. The first-order valence-electron chi connectivity index (χ1n) is 6.16. The first-order valence-corrected chi connectivity index (χ1v) is 6.97. The molecule has 1 aromatic rings. The number of nitrogens with two attached hydrogens (primary N) is 1. The molecule has 3 nitrogen and oxygen atoms in total. The van der Waals surface area contributed by atoms with Crippen LogP contribution in [-0.4, -0.2) is 30.4 Å². The number of hydrogen-bond acceptors (Lipinski definition) is 3. The number of nitrogens with zero attached hydrogens (tertiary/aromatic N) is 1. The van der Waals surface area contributed by atoms with Crippen LogP contribution in [0.2, 0.25) is 0 Å². The Bertz CT molecular complexity index is 456. The van der Waals surface area contributed by atoms with Crippen LogP contribution < -0.4 is 5.73 Å². The Balaban J connectivity index is 2.75. The summed E-state index contributed by atoms with van der Waals surface area (Å²) in [6, 6.07) is 3.98. The quantitative estimate of drug-likeness (QED) is 0.848. The van der Waals surface area contributed by atoms with Crippen molar-refractivity contribution in [1.29, 1.82) is 0 Å². The van der Waals surface area contributed by atoms with Crippen molar-refractivity contribution in [3.05, 3.63) is 21.9 Å². The Morgan fingerprint density at radius 3 is 2.89 bits per heavy atom. The first kappa shape index (κ1) is 14.7. The van der Waals surface area contributed by atoms with Crippen molar-refractivity contribution < 1.29 is 4.79 Å². The average molecular weight is 264 g/mol. The van der Waals surface area contributed by atoms with E-state index in [4.69, 9.17) is 5.73 Å². The number of amides is 1. The van der Waals surface area contributed by atoms with E-state index >= 15 is 0 Å². The second-order valence-corrected chi connectivity index (χ2v) is 5.31. The summed E-state index contributed by atoms with van der Waals surface area (Å²) in [7, 11) is 1.85. The summed E-state index contributed by atoms with van der Waals surface area (Å²) in [5, 5.41) is 0. The molecule has 0 aliphatic carbocycles. The molecule has 18 heavy (non-hydrogen) atoms. The molecule has 0 fully saturated rings. The Labute approximate surface area is 113 Å². The largest absolute Gasteiger partial charge is 0.338 e. The smallest absolute Gasteiger partial charge is 0.263 e. The van der Waals surface area contributed by atoms with E-state index in [9.17, 15) is 4.79 Å². The van der Waals surface area contributed by atoms with E-state index in [0.717, 1.165) is 22.6 Å². The molecule has 1 heterocycles. The zero-order chi connectivity index (χ0) is 13.5. The fourth-order valence-corrected chi connectivity index (χ4v) is 2.51. The molecule has 1 unspecified atom stereocenters. The number of hydrogen-bond donors (Lipinski definition) is 1. The van der Waals surface area contributed by atoms with Crippen molar-refractivity contribution in [3.63, 3.8) is 0 Å². The van der Waals surface area contributed by atoms with E-state index in [-0.39, 0.29) is 11.9 Å². The molecule has 4 heteroatoms. The first-order chi connectivity index (χ1) is 8.60. The molecule has 0 aromatic carbocycles. The standard InChI is InChI=1S/C14H20N2OS/c1-4-6-11(2)16(3)14(17)13-9-8-12(18-13)7-5-10-15/h8-9,11H,4,6,10,15H2,1-3H3. The Morgan fingerprint density at radius 1 is 1.56 bits per heavy atom. The lowest BCUT2D eigenvalue weighted by Gasteiger charge is -2.23. The maximum Gasteiger partial charge on any atom is 0.263 e. The van der Waals surface area contributed by atoms with E-state index in [1.54, 1.807) is 4.90 Å². The van der Waals surface area contributed by atoms with Crippen LogP contribution in [0.1, 0.15) is 41.2 Å². The monoisotopic (exact) mass is 264 g/mol. The lowest BCUT2D eigenvalue weighted by atomic mass is 10.1. The summed E-state index contributed by atoms with van der Waals surface area (Å²) in [5.41, 5.74) is 5.32. The molecule has 0 aliphatic heterocycles. The molecule has 0 saturated heterocycles. The summed E-state index contributed by atoms with van der Waals surface area (Å²) in [6.07, 6.45) is 2.10. The SMILES string of the molecule is CCCC(C)N(C)C(=O)c1ccc(C#CCN)s1. The fourth-order valence-electron chi connectivity index (χ4n) is 1.64. The summed E-state index contributed by atoms with van der Waals surface area (Å²) >= 11 is 1.42. The van der Waals surface area contributed by atoms with Crippen LogP contribution >= 0.6 is 11.3 Å². The van der Waals surface area contributed by atoms with Gasteiger partial charge in [-0.3, -0.25) is 4.79 Å². The highest BCUT2D eigenvalue weighted by atomic mass is 32.1. The second kappa shape index (κ2) is 7.20. The number of carbonyl (C=O) groups excluding carboxylic acids is 1. The number of carbonyl (C=O) groups is 1. The molecule has 1 rings (SSSR count). The minimum Gasteiger partial charge on any atom is -0.338 e. The van der Waals surface area contributed by atoms with Crippen LogP contribution in [0.5, 0.6) is 0 Å². The van der Waals surface area contributed by atoms with Gasteiger partial charge in [0, 0.05) is 13.1 Å². The molecule has 1 amide bonds. The summed E-state index contributed by atoms with van der Waals surface area (Å²) in [5.74, 6) is 5.81. The molecule has 0 bridgehead atoms. The highest BCUT2D eigenvalue weighted by Crippen LogP contribution is 2.18. The minimum atomic E-state index is 0.0711. The van der Waals surface area contributed by atoms with E-state index in [1.807, 2.05) is 19.2 Å². The zero-order valence-electron chi connectivity index (χ0n) is 11.2. The van der Waals surface area contributed by atoms with Crippen molar-refractivity contribution in [2.45, 2.75) is 32.7 Å². The maximum atomic E-state index is 12.2. The Morgan fingerprint density at radius 2 is 2.28 bits per heavy atom. The van der Waals surface area contributed by atoms with Gasteiger partial charge in [-0.05, 0) is 25.5 Å². The van der Waals surface area contributed by atoms with Gasteiger partial charge < -0.3 is 10.6 Å². The van der Waals surface area contributed by atoms with Gasteiger partial charge in [0.05, 0.1) is 16.3 Å². The second-order valence-electron chi connectivity index (χ2n) is 4.22. The van der Waals surface area contributed by atoms with Crippen LogP contribution in [0.25, 0.3) is 0 Å².